The predicted octanol–water partition coefficient (Wildman–Crippen LogP) is 5.80. The lowest BCUT2D eigenvalue weighted by atomic mass is 10.1. The van der Waals surface area contributed by atoms with E-state index in [-0.39, 0.29) is 5.91 Å². The van der Waals surface area contributed by atoms with Crippen LogP contribution in [-0.2, 0) is 4.79 Å². The molecule has 1 rings (SSSR count). The van der Waals surface area contributed by atoms with Crippen LogP contribution in [0.2, 0.25) is 0 Å². The summed E-state index contributed by atoms with van der Waals surface area (Å²) in [5.74, 6) is -0.0584. The Hall–Kier alpha value is -1.00. The first-order valence-electron chi connectivity index (χ1n) is 9.36. The highest BCUT2D eigenvalue weighted by molar-refractivity contribution is 7.80. The van der Waals surface area contributed by atoms with Crippen LogP contribution in [0.25, 0.3) is 0 Å². The van der Waals surface area contributed by atoms with E-state index in [0.717, 1.165) is 17.1 Å². The third-order valence-electron chi connectivity index (χ3n) is 3.75. The van der Waals surface area contributed by atoms with Crippen LogP contribution in [-0.4, -0.2) is 12.5 Å². The van der Waals surface area contributed by atoms with Gasteiger partial charge in [0, 0.05) is 17.5 Å². The third kappa shape index (κ3) is 15.9. The summed E-state index contributed by atoms with van der Waals surface area (Å²) in [6.07, 6.45) is 13.9. The Morgan fingerprint density at radius 2 is 1.38 bits per heavy atom. The van der Waals surface area contributed by atoms with Gasteiger partial charge in [0.2, 0.25) is 5.91 Å². The summed E-state index contributed by atoms with van der Waals surface area (Å²) in [6, 6.07) is 7.27. The number of thiol groups is 1. The molecule has 138 valence electrons. The zero-order chi connectivity index (χ0) is 18.0. The molecule has 0 unspecified atom stereocenters. The first-order chi connectivity index (χ1) is 11.6. The maximum atomic E-state index is 10.6. The SMILES string of the molecule is CC(=O)Nc1ccc(S)cc1.CCCCCCCCCCCCN. The van der Waals surface area contributed by atoms with Crippen molar-refractivity contribution >= 4 is 24.2 Å². The predicted molar refractivity (Wildman–Crippen MR) is 109 cm³/mol. The normalized spacial score (nSPS) is 10.0. The zero-order valence-electron chi connectivity index (χ0n) is 15.5. The average molecular weight is 353 g/mol. The summed E-state index contributed by atoms with van der Waals surface area (Å²) in [6.45, 7) is 4.62. The Labute approximate surface area is 154 Å². The molecule has 0 fully saturated rings. The first-order valence-corrected chi connectivity index (χ1v) is 9.81. The number of carbonyl (C=O) groups excluding carboxylic acids is 1. The van der Waals surface area contributed by atoms with E-state index in [9.17, 15) is 4.79 Å². The van der Waals surface area contributed by atoms with E-state index >= 15 is 0 Å². The van der Waals surface area contributed by atoms with Gasteiger partial charge in [-0.1, -0.05) is 64.7 Å². The fourth-order valence-electron chi connectivity index (χ4n) is 2.38. The molecule has 1 aromatic rings. The summed E-state index contributed by atoms with van der Waals surface area (Å²) in [5, 5.41) is 2.66. The zero-order valence-corrected chi connectivity index (χ0v) is 16.4. The van der Waals surface area contributed by atoms with E-state index in [1.807, 2.05) is 24.3 Å². The third-order valence-corrected chi connectivity index (χ3v) is 4.04. The lowest BCUT2D eigenvalue weighted by Crippen LogP contribution is -2.04. The second kappa shape index (κ2) is 16.8. The maximum absolute atomic E-state index is 10.6. The molecule has 0 spiro atoms. The van der Waals surface area contributed by atoms with Crippen molar-refractivity contribution in [2.45, 2.75) is 83.0 Å². The van der Waals surface area contributed by atoms with Crippen LogP contribution in [0.1, 0.15) is 78.1 Å². The topological polar surface area (TPSA) is 55.1 Å². The van der Waals surface area contributed by atoms with Gasteiger partial charge < -0.3 is 11.1 Å². The van der Waals surface area contributed by atoms with Crippen molar-refractivity contribution in [2.24, 2.45) is 5.73 Å². The highest BCUT2D eigenvalue weighted by Gasteiger charge is 1.93. The van der Waals surface area contributed by atoms with Crippen molar-refractivity contribution in [1.29, 1.82) is 0 Å². The number of anilines is 1. The highest BCUT2D eigenvalue weighted by Crippen LogP contribution is 2.11. The van der Waals surface area contributed by atoms with Crippen molar-refractivity contribution in [2.75, 3.05) is 11.9 Å². The van der Waals surface area contributed by atoms with Crippen molar-refractivity contribution in [3.8, 4) is 0 Å². The minimum atomic E-state index is -0.0584. The van der Waals surface area contributed by atoms with E-state index in [1.165, 1.54) is 71.1 Å². The average Bonchev–Trinajstić information content (AvgIpc) is 2.56. The van der Waals surface area contributed by atoms with E-state index < -0.39 is 0 Å². The second-order valence-corrected chi connectivity index (χ2v) is 6.72. The van der Waals surface area contributed by atoms with Gasteiger partial charge in [-0.15, -0.1) is 12.6 Å². The van der Waals surface area contributed by atoms with Gasteiger partial charge >= 0.3 is 0 Å². The molecule has 4 heteroatoms. The number of hydrogen-bond acceptors (Lipinski definition) is 3. The molecule has 1 aromatic carbocycles. The van der Waals surface area contributed by atoms with Crippen molar-refractivity contribution in [3.05, 3.63) is 24.3 Å². The molecule has 0 saturated carbocycles. The van der Waals surface area contributed by atoms with Gasteiger partial charge in [0.15, 0.2) is 0 Å². The maximum Gasteiger partial charge on any atom is 0.221 e. The lowest BCUT2D eigenvalue weighted by Gasteiger charge is -2.00. The number of amides is 1. The second-order valence-electron chi connectivity index (χ2n) is 6.20. The molecule has 0 bridgehead atoms. The molecule has 1 amide bonds. The summed E-state index contributed by atoms with van der Waals surface area (Å²) < 4.78 is 0. The minimum Gasteiger partial charge on any atom is -0.330 e. The van der Waals surface area contributed by atoms with Gasteiger partial charge in [-0.05, 0) is 37.2 Å². The smallest absolute Gasteiger partial charge is 0.221 e. The van der Waals surface area contributed by atoms with Crippen LogP contribution in [0.5, 0.6) is 0 Å². The van der Waals surface area contributed by atoms with Gasteiger partial charge in [-0.2, -0.15) is 0 Å². The van der Waals surface area contributed by atoms with Crippen LogP contribution >= 0.6 is 12.6 Å². The molecular formula is C20H36N2OS. The molecule has 0 aliphatic carbocycles. The summed E-state index contributed by atoms with van der Waals surface area (Å²) in [4.78, 5) is 11.5. The van der Waals surface area contributed by atoms with Crippen LogP contribution in [0.3, 0.4) is 0 Å². The Balaban J connectivity index is 0.000000446. The minimum absolute atomic E-state index is 0.0584. The number of carbonyl (C=O) groups is 1. The Morgan fingerprint density at radius 3 is 1.79 bits per heavy atom. The number of unbranched alkanes of at least 4 members (excludes halogenated alkanes) is 9. The number of rotatable bonds is 11. The number of nitrogens with two attached hydrogens (primary N) is 1. The number of hydrogen-bond donors (Lipinski definition) is 3. The number of nitrogens with one attached hydrogen (secondary N) is 1. The largest absolute Gasteiger partial charge is 0.330 e. The highest BCUT2D eigenvalue weighted by atomic mass is 32.1. The molecular weight excluding hydrogens is 316 g/mol. The van der Waals surface area contributed by atoms with Crippen LogP contribution in [0.15, 0.2) is 29.2 Å². The van der Waals surface area contributed by atoms with Crippen molar-refractivity contribution in [3.63, 3.8) is 0 Å². The first kappa shape index (κ1) is 23.0. The molecule has 0 aliphatic rings. The van der Waals surface area contributed by atoms with E-state index in [4.69, 9.17) is 5.73 Å². The van der Waals surface area contributed by atoms with Crippen molar-refractivity contribution < 1.29 is 4.79 Å². The molecule has 0 radical (unpaired) electrons. The van der Waals surface area contributed by atoms with E-state index in [2.05, 4.69) is 24.9 Å². The van der Waals surface area contributed by atoms with E-state index in [0.29, 0.717) is 0 Å². The van der Waals surface area contributed by atoms with Crippen LogP contribution in [0, 0.1) is 0 Å². The summed E-state index contributed by atoms with van der Waals surface area (Å²) in [7, 11) is 0. The molecule has 0 atom stereocenters. The standard InChI is InChI=1S/C12H27N.C8H9NOS/c1-2-3-4-5-6-7-8-9-10-11-12-13;1-6(10)9-7-2-4-8(11)5-3-7/h2-13H2,1H3;2-5,11H,1H3,(H,9,10). The molecule has 0 aliphatic heterocycles. The van der Waals surface area contributed by atoms with E-state index in [1.54, 1.807) is 0 Å². The molecule has 0 aromatic heterocycles. The molecule has 0 heterocycles. The Kier molecular flexibility index (Phi) is 16.1. The molecule has 3 N–H and O–H groups in total. The fourth-order valence-corrected chi connectivity index (χ4v) is 2.53. The van der Waals surface area contributed by atoms with Crippen molar-refractivity contribution in [1.82, 2.24) is 0 Å². The summed E-state index contributed by atoms with van der Waals surface area (Å²) >= 11 is 4.11. The Morgan fingerprint density at radius 1 is 0.917 bits per heavy atom. The van der Waals surface area contributed by atoms with Crippen LogP contribution < -0.4 is 11.1 Å². The molecule has 24 heavy (non-hydrogen) atoms. The number of benzene rings is 1. The molecule has 0 saturated heterocycles. The van der Waals surface area contributed by atoms with Crippen LogP contribution in [0.4, 0.5) is 5.69 Å². The monoisotopic (exact) mass is 352 g/mol. The van der Waals surface area contributed by atoms with Gasteiger partial charge in [0.25, 0.3) is 0 Å². The van der Waals surface area contributed by atoms with Gasteiger partial charge in [-0.3, -0.25) is 4.79 Å². The molecule has 3 nitrogen and oxygen atoms in total. The quantitative estimate of drug-likeness (QED) is 0.348. The summed E-state index contributed by atoms with van der Waals surface area (Å²) in [5.41, 5.74) is 6.23. The van der Waals surface area contributed by atoms with Gasteiger partial charge in [0.1, 0.15) is 0 Å². The van der Waals surface area contributed by atoms with Gasteiger partial charge in [-0.25, -0.2) is 0 Å². The fraction of sp³-hybridized carbons (Fsp3) is 0.650. The van der Waals surface area contributed by atoms with Gasteiger partial charge in [0.05, 0.1) is 0 Å². The lowest BCUT2D eigenvalue weighted by molar-refractivity contribution is -0.114. The Bertz CT molecular complexity index is 397.